The van der Waals surface area contributed by atoms with Crippen molar-refractivity contribution in [2.24, 2.45) is 0 Å². The molecule has 6 heteroatoms. The molecule has 2 aromatic carbocycles. The Bertz CT molecular complexity index is 694. The van der Waals surface area contributed by atoms with Gasteiger partial charge in [0.1, 0.15) is 17.1 Å². The molecule has 0 aromatic heterocycles. The SMILES string of the molecule is COC(=O)c1ccc(Oc2ccc(N)cc2C(=O)OC)cc1. The fraction of sp³-hybridized carbons (Fsp3) is 0.125. The lowest BCUT2D eigenvalue weighted by Crippen LogP contribution is -2.05. The second-order valence-corrected chi connectivity index (χ2v) is 4.37. The molecule has 0 atom stereocenters. The van der Waals surface area contributed by atoms with E-state index in [1.807, 2.05) is 0 Å². The summed E-state index contributed by atoms with van der Waals surface area (Å²) in [7, 11) is 2.59. The molecule has 0 amide bonds. The van der Waals surface area contributed by atoms with Crippen molar-refractivity contribution in [3.8, 4) is 11.5 Å². The zero-order chi connectivity index (χ0) is 16.1. The second kappa shape index (κ2) is 6.62. The number of ether oxygens (including phenoxy) is 3. The Morgan fingerprint density at radius 3 is 2.14 bits per heavy atom. The van der Waals surface area contributed by atoms with Gasteiger partial charge in [0.05, 0.1) is 19.8 Å². The van der Waals surface area contributed by atoms with Crippen LogP contribution in [-0.2, 0) is 9.47 Å². The first-order valence-electron chi connectivity index (χ1n) is 6.39. The van der Waals surface area contributed by atoms with E-state index in [0.717, 1.165) is 0 Å². The van der Waals surface area contributed by atoms with E-state index in [0.29, 0.717) is 22.7 Å². The number of nitrogen functional groups attached to an aromatic ring is 1. The molecular formula is C16H15NO5. The summed E-state index contributed by atoms with van der Waals surface area (Å²) >= 11 is 0. The van der Waals surface area contributed by atoms with Gasteiger partial charge < -0.3 is 19.9 Å². The van der Waals surface area contributed by atoms with Crippen LogP contribution in [0.15, 0.2) is 42.5 Å². The first-order valence-corrected chi connectivity index (χ1v) is 6.39. The molecular weight excluding hydrogens is 286 g/mol. The van der Waals surface area contributed by atoms with Crippen molar-refractivity contribution in [1.29, 1.82) is 0 Å². The third-order valence-corrected chi connectivity index (χ3v) is 2.91. The fourth-order valence-electron chi connectivity index (χ4n) is 1.81. The van der Waals surface area contributed by atoms with Gasteiger partial charge in [-0.05, 0) is 42.5 Å². The van der Waals surface area contributed by atoms with Gasteiger partial charge in [0, 0.05) is 5.69 Å². The van der Waals surface area contributed by atoms with Gasteiger partial charge in [0.2, 0.25) is 0 Å². The van der Waals surface area contributed by atoms with Crippen molar-refractivity contribution in [3.63, 3.8) is 0 Å². The smallest absolute Gasteiger partial charge is 0.341 e. The summed E-state index contributed by atoms with van der Waals surface area (Å²) in [4.78, 5) is 23.1. The summed E-state index contributed by atoms with van der Waals surface area (Å²) in [5.74, 6) is -0.211. The Morgan fingerprint density at radius 1 is 0.909 bits per heavy atom. The minimum atomic E-state index is -0.548. The maximum atomic E-state index is 11.7. The highest BCUT2D eigenvalue weighted by atomic mass is 16.5. The Kier molecular flexibility index (Phi) is 4.63. The molecule has 6 nitrogen and oxygen atoms in total. The van der Waals surface area contributed by atoms with E-state index in [9.17, 15) is 9.59 Å². The highest BCUT2D eigenvalue weighted by Gasteiger charge is 2.14. The lowest BCUT2D eigenvalue weighted by molar-refractivity contribution is 0.0591. The number of hydrogen-bond acceptors (Lipinski definition) is 6. The van der Waals surface area contributed by atoms with Crippen LogP contribution >= 0.6 is 0 Å². The number of carbonyl (C=O) groups excluding carboxylic acids is 2. The van der Waals surface area contributed by atoms with E-state index in [-0.39, 0.29) is 5.56 Å². The molecule has 0 heterocycles. The van der Waals surface area contributed by atoms with Crippen molar-refractivity contribution in [1.82, 2.24) is 0 Å². The summed E-state index contributed by atoms with van der Waals surface area (Å²) < 4.78 is 15.0. The van der Waals surface area contributed by atoms with E-state index >= 15 is 0 Å². The standard InChI is InChI=1S/C16H15NO5/c1-20-15(18)10-3-6-12(7-4-10)22-14-8-5-11(17)9-13(14)16(19)21-2/h3-9H,17H2,1-2H3. The lowest BCUT2D eigenvalue weighted by Gasteiger charge is -2.11. The van der Waals surface area contributed by atoms with Gasteiger partial charge in [-0.15, -0.1) is 0 Å². The molecule has 0 fully saturated rings. The maximum Gasteiger partial charge on any atom is 0.341 e. The number of esters is 2. The average Bonchev–Trinajstić information content (AvgIpc) is 2.55. The molecule has 0 bridgehead atoms. The van der Waals surface area contributed by atoms with Gasteiger partial charge in [-0.3, -0.25) is 0 Å². The zero-order valence-electron chi connectivity index (χ0n) is 12.2. The third-order valence-electron chi connectivity index (χ3n) is 2.91. The van der Waals surface area contributed by atoms with Crippen molar-refractivity contribution < 1.29 is 23.8 Å². The minimum Gasteiger partial charge on any atom is -0.465 e. The third kappa shape index (κ3) is 3.35. The summed E-state index contributed by atoms with van der Waals surface area (Å²) in [5.41, 5.74) is 6.72. The normalized spacial score (nSPS) is 9.91. The largest absolute Gasteiger partial charge is 0.465 e. The predicted molar refractivity (Wildman–Crippen MR) is 80.0 cm³/mol. The second-order valence-electron chi connectivity index (χ2n) is 4.37. The molecule has 114 valence electrons. The zero-order valence-corrected chi connectivity index (χ0v) is 12.2. The fourth-order valence-corrected chi connectivity index (χ4v) is 1.81. The van der Waals surface area contributed by atoms with E-state index in [2.05, 4.69) is 4.74 Å². The number of carbonyl (C=O) groups is 2. The Labute approximate surface area is 127 Å². The number of methoxy groups -OCH3 is 2. The summed E-state index contributed by atoms with van der Waals surface area (Å²) in [6, 6.07) is 11.0. The van der Waals surface area contributed by atoms with Crippen molar-refractivity contribution >= 4 is 17.6 Å². The van der Waals surface area contributed by atoms with Crippen molar-refractivity contribution in [2.75, 3.05) is 20.0 Å². The van der Waals surface area contributed by atoms with E-state index in [4.69, 9.17) is 15.2 Å². The molecule has 2 N–H and O–H groups in total. The molecule has 0 unspecified atom stereocenters. The highest BCUT2D eigenvalue weighted by molar-refractivity contribution is 5.93. The van der Waals surface area contributed by atoms with E-state index < -0.39 is 11.9 Å². The number of anilines is 1. The topological polar surface area (TPSA) is 87.9 Å². The van der Waals surface area contributed by atoms with Gasteiger partial charge in [0.15, 0.2) is 0 Å². The molecule has 0 radical (unpaired) electrons. The highest BCUT2D eigenvalue weighted by Crippen LogP contribution is 2.28. The number of hydrogen-bond donors (Lipinski definition) is 1. The number of rotatable bonds is 4. The van der Waals surface area contributed by atoms with Crippen LogP contribution in [0.25, 0.3) is 0 Å². The Hall–Kier alpha value is -3.02. The van der Waals surface area contributed by atoms with E-state index in [1.165, 1.54) is 20.3 Å². The molecule has 0 aliphatic heterocycles. The maximum absolute atomic E-state index is 11.7. The van der Waals surface area contributed by atoms with Crippen LogP contribution in [0.5, 0.6) is 11.5 Å². The van der Waals surface area contributed by atoms with E-state index in [1.54, 1.807) is 36.4 Å². The summed E-state index contributed by atoms with van der Waals surface area (Å²) in [6.07, 6.45) is 0. The van der Waals surface area contributed by atoms with Gasteiger partial charge in [-0.1, -0.05) is 0 Å². The summed E-state index contributed by atoms with van der Waals surface area (Å²) in [6.45, 7) is 0. The van der Waals surface area contributed by atoms with Gasteiger partial charge in [-0.2, -0.15) is 0 Å². The Morgan fingerprint density at radius 2 is 1.55 bits per heavy atom. The van der Waals surface area contributed by atoms with Gasteiger partial charge >= 0.3 is 11.9 Å². The quantitative estimate of drug-likeness (QED) is 0.690. The monoisotopic (exact) mass is 301 g/mol. The molecule has 0 spiro atoms. The van der Waals surface area contributed by atoms with Gasteiger partial charge in [0.25, 0.3) is 0 Å². The molecule has 2 aromatic rings. The molecule has 0 aliphatic carbocycles. The molecule has 2 rings (SSSR count). The van der Waals surface area contributed by atoms with Crippen molar-refractivity contribution in [3.05, 3.63) is 53.6 Å². The molecule has 0 saturated heterocycles. The number of nitrogens with two attached hydrogens (primary N) is 1. The first kappa shape index (κ1) is 15.4. The average molecular weight is 301 g/mol. The number of benzene rings is 2. The van der Waals surface area contributed by atoms with Crippen molar-refractivity contribution in [2.45, 2.75) is 0 Å². The lowest BCUT2D eigenvalue weighted by atomic mass is 10.1. The molecule has 0 saturated carbocycles. The first-order chi connectivity index (χ1) is 10.5. The van der Waals surface area contributed by atoms with Crippen LogP contribution in [0.1, 0.15) is 20.7 Å². The Balaban J connectivity index is 2.27. The van der Waals surface area contributed by atoms with Crippen LogP contribution in [-0.4, -0.2) is 26.2 Å². The molecule has 22 heavy (non-hydrogen) atoms. The summed E-state index contributed by atoms with van der Waals surface area (Å²) in [5, 5.41) is 0. The van der Waals surface area contributed by atoms with Crippen LogP contribution in [0.4, 0.5) is 5.69 Å². The van der Waals surface area contributed by atoms with Crippen LogP contribution in [0, 0.1) is 0 Å². The minimum absolute atomic E-state index is 0.222. The molecule has 0 aliphatic rings. The predicted octanol–water partition coefficient (Wildman–Crippen LogP) is 2.63. The van der Waals surface area contributed by atoms with Gasteiger partial charge in [-0.25, -0.2) is 9.59 Å². The van der Waals surface area contributed by atoms with Crippen LogP contribution in [0.2, 0.25) is 0 Å². The van der Waals surface area contributed by atoms with Crippen LogP contribution < -0.4 is 10.5 Å². The van der Waals surface area contributed by atoms with Crippen LogP contribution in [0.3, 0.4) is 0 Å².